The molecule has 1 aromatic heterocycles. The van der Waals surface area contributed by atoms with Crippen molar-refractivity contribution >= 4 is 17.4 Å². The number of pyridine rings is 1. The molecule has 0 bridgehead atoms. The van der Waals surface area contributed by atoms with Crippen LogP contribution < -0.4 is 5.73 Å². The van der Waals surface area contributed by atoms with Crippen LogP contribution in [0, 0.1) is 6.92 Å². The van der Waals surface area contributed by atoms with Crippen LogP contribution >= 0.6 is 11.8 Å². The Morgan fingerprint density at radius 3 is 2.88 bits per heavy atom. The standard InChI is InChI=1S/C14H16N2S/c1-11-9-13(4-5-14(11)15)17-8-6-12-3-2-7-16-10-12/h2-5,7,9-10H,6,8,15H2,1H3. The Morgan fingerprint density at radius 1 is 1.29 bits per heavy atom. The number of benzene rings is 1. The number of hydrogen-bond acceptors (Lipinski definition) is 3. The van der Waals surface area contributed by atoms with Crippen LogP contribution in [0.25, 0.3) is 0 Å². The van der Waals surface area contributed by atoms with E-state index in [1.807, 2.05) is 37.0 Å². The molecular weight excluding hydrogens is 228 g/mol. The average Bonchev–Trinajstić information content (AvgIpc) is 2.35. The highest BCUT2D eigenvalue weighted by Gasteiger charge is 1.98. The molecule has 2 rings (SSSR count). The van der Waals surface area contributed by atoms with Gasteiger partial charge in [-0.25, -0.2) is 0 Å². The molecule has 0 fully saturated rings. The summed E-state index contributed by atoms with van der Waals surface area (Å²) >= 11 is 1.85. The minimum Gasteiger partial charge on any atom is -0.399 e. The fourth-order valence-corrected chi connectivity index (χ4v) is 2.57. The van der Waals surface area contributed by atoms with Crippen molar-refractivity contribution in [2.24, 2.45) is 0 Å². The maximum Gasteiger partial charge on any atom is 0.0344 e. The fraction of sp³-hybridized carbons (Fsp3) is 0.214. The summed E-state index contributed by atoms with van der Waals surface area (Å²) in [6.45, 7) is 2.04. The zero-order valence-corrected chi connectivity index (χ0v) is 10.7. The second-order valence-corrected chi connectivity index (χ2v) is 5.15. The second-order valence-electron chi connectivity index (χ2n) is 3.98. The van der Waals surface area contributed by atoms with Gasteiger partial charge in [0.2, 0.25) is 0 Å². The largest absolute Gasteiger partial charge is 0.399 e. The zero-order chi connectivity index (χ0) is 12.1. The van der Waals surface area contributed by atoms with Gasteiger partial charge in [0.15, 0.2) is 0 Å². The van der Waals surface area contributed by atoms with Gasteiger partial charge in [-0.3, -0.25) is 4.98 Å². The summed E-state index contributed by atoms with van der Waals surface area (Å²) in [4.78, 5) is 5.39. The van der Waals surface area contributed by atoms with Crippen LogP contribution in [0.4, 0.5) is 5.69 Å². The van der Waals surface area contributed by atoms with Crippen LogP contribution in [-0.2, 0) is 6.42 Å². The van der Waals surface area contributed by atoms with Gasteiger partial charge < -0.3 is 5.73 Å². The highest BCUT2D eigenvalue weighted by Crippen LogP contribution is 2.23. The highest BCUT2D eigenvalue weighted by molar-refractivity contribution is 7.99. The summed E-state index contributed by atoms with van der Waals surface area (Å²) in [5, 5.41) is 0. The van der Waals surface area contributed by atoms with Crippen molar-refractivity contribution in [3.63, 3.8) is 0 Å². The molecule has 0 amide bonds. The summed E-state index contributed by atoms with van der Waals surface area (Å²) in [5.74, 6) is 1.06. The van der Waals surface area contributed by atoms with Crippen molar-refractivity contribution in [1.82, 2.24) is 4.98 Å². The smallest absolute Gasteiger partial charge is 0.0344 e. The molecule has 0 spiro atoms. The lowest BCUT2D eigenvalue weighted by Gasteiger charge is -2.05. The lowest BCUT2D eigenvalue weighted by Crippen LogP contribution is -1.91. The predicted octanol–water partition coefficient (Wildman–Crippen LogP) is 3.31. The quantitative estimate of drug-likeness (QED) is 0.662. The molecule has 0 unspecified atom stereocenters. The molecule has 0 atom stereocenters. The Morgan fingerprint density at radius 2 is 2.18 bits per heavy atom. The molecule has 2 aromatic rings. The predicted molar refractivity (Wildman–Crippen MR) is 74.3 cm³/mol. The van der Waals surface area contributed by atoms with E-state index in [1.165, 1.54) is 10.5 Å². The van der Waals surface area contributed by atoms with E-state index in [-0.39, 0.29) is 0 Å². The Hall–Kier alpha value is -1.48. The number of rotatable bonds is 4. The number of thioether (sulfide) groups is 1. The van der Waals surface area contributed by atoms with Gasteiger partial charge in [-0.15, -0.1) is 11.8 Å². The Labute approximate surface area is 106 Å². The molecule has 0 saturated carbocycles. The summed E-state index contributed by atoms with van der Waals surface area (Å²) in [7, 11) is 0. The Kier molecular flexibility index (Phi) is 4.04. The van der Waals surface area contributed by atoms with E-state index in [2.05, 4.69) is 23.2 Å². The summed E-state index contributed by atoms with van der Waals surface area (Å²) < 4.78 is 0. The van der Waals surface area contributed by atoms with Crippen molar-refractivity contribution in [3.05, 3.63) is 53.9 Å². The van der Waals surface area contributed by atoms with Gasteiger partial charge in [-0.1, -0.05) is 6.07 Å². The molecule has 0 aliphatic heterocycles. The van der Waals surface area contributed by atoms with Gasteiger partial charge in [0, 0.05) is 28.7 Å². The molecule has 1 heterocycles. The van der Waals surface area contributed by atoms with Crippen molar-refractivity contribution in [3.8, 4) is 0 Å². The molecule has 0 saturated heterocycles. The fourth-order valence-electron chi connectivity index (χ4n) is 1.57. The van der Waals surface area contributed by atoms with Crippen molar-refractivity contribution in [2.75, 3.05) is 11.5 Å². The van der Waals surface area contributed by atoms with Crippen LogP contribution in [0.1, 0.15) is 11.1 Å². The maximum atomic E-state index is 5.79. The molecular formula is C14H16N2S. The molecule has 1 aromatic carbocycles. The minimum absolute atomic E-state index is 0.863. The highest BCUT2D eigenvalue weighted by atomic mass is 32.2. The normalized spacial score (nSPS) is 10.4. The monoisotopic (exact) mass is 244 g/mol. The molecule has 0 aliphatic carbocycles. The van der Waals surface area contributed by atoms with Gasteiger partial charge in [0.1, 0.15) is 0 Å². The molecule has 2 nitrogen and oxygen atoms in total. The SMILES string of the molecule is Cc1cc(SCCc2cccnc2)ccc1N. The third-order valence-corrected chi connectivity index (χ3v) is 3.62. The van der Waals surface area contributed by atoms with E-state index >= 15 is 0 Å². The van der Waals surface area contributed by atoms with Crippen molar-refractivity contribution in [2.45, 2.75) is 18.2 Å². The number of nitrogens with zero attached hydrogens (tertiary/aromatic N) is 1. The summed E-state index contributed by atoms with van der Waals surface area (Å²) in [6.07, 6.45) is 4.77. The minimum atomic E-state index is 0.863. The van der Waals surface area contributed by atoms with Crippen LogP contribution in [0.3, 0.4) is 0 Å². The van der Waals surface area contributed by atoms with Gasteiger partial charge in [-0.2, -0.15) is 0 Å². The molecule has 17 heavy (non-hydrogen) atoms. The topological polar surface area (TPSA) is 38.9 Å². The number of aryl methyl sites for hydroxylation is 2. The van der Waals surface area contributed by atoms with E-state index < -0.39 is 0 Å². The van der Waals surface area contributed by atoms with E-state index in [9.17, 15) is 0 Å². The average molecular weight is 244 g/mol. The van der Waals surface area contributed by atoms with Crippen molar-refractivity contribution < 1.29 is 0 Å². The second kappa shape index (κ2) is 5.73. The van der Waals surface area contributed by atoms with Crippen LogP contribution in [-0.4, -0.2) is 10.7 Å². The number of hydrogen-bond donors (Lipinski definition) is 1. The molecule has 88 valence electrons. The van der Waals surface area contributed by atoms with Gasteiger partial charge >= 0.3 is 0 Å². The summed E-state index contributed by atoms with van der Waals surface area (Å²) in [5.41, 5.74) is 9.09. The zero-order valence-electron chi connectivity index (χ0n) is 9.89. The number of anilines is 1. The van der Waals surface area contributed by atoms with Gasteiger partial charge in [-0.05, 0) is 48.7 Å². The van der Waals surface area contributed by atoms with Gasteiger partial charge in [0.05, 0.1) is 0 Å². The number of aromatic nitrogens is 1. The number of nitrogens with two attached hydrogens (primary N) is 1. The lowest BCUT2D eigenvalue weighted by molar-refractivity contribution is 1.11. The first kappa shape index (κ1) is 12.0. The molecule has 2 N–H and O–H groups in total. The third-order valence-electron chi connectivity index (χ3n) is 2.62. The maximum absolute atomic E-state index is 5.79. The Bertz CT molecular complexity index is 483. The van der Waals surface area contributed by atoms with Crippen LogP contribution in [0.2, 0.25) is 0 Å². The molecule has 0 aliphatic rings. The first-order chi connectivity index (χ1) is 8.25. The third kappa shape index (κ3) is 3.49. The number of nitrogen functional groups attached to an aromatic ring is 1. The first-order valence-corrected chi connectivity index (χ1v) is 6.62. The van der Waals surface area contributed by atoms with Crippen molar-refractivity contribution in [1.29, 1.82) is 0 Å². The first-order valence-electron chi connectivity index (χ1n) is 5.63. The van der Waals surface area contributed by atoms with E-state index in [0.717, 1.165) is 23.4 Å². The van der Waals surface area contributed by atoms with E-state index in [4.69, 9.17) is 5.73 Å². The molecule has 0 radical (unpaired) electrons. The van der Waals surface area contributed by atoms with Crippen LogP contribution in [0.15, 0.2) is 47.6 Å². The van der Waals surface area contributed by atoms with Gasteiger partial charge in [0.25, 0.3) is 0 Å². The molecule has 3 heteroatoms. The van der Waals surface area contributed by atoms with E-state index in [1.54, 1.807) is 6.20 Å². The summed E-state index contributed by atoms with van der Waals surface area (Å²) in [6, 6.07) is 10.3. The van der Waals surface area contributed by atoms with Crippen LogP contribution in [0.5, 0.6) is 0 Å². The lowest BCUT2D eigenvalue weighted by atomic mass is 10.2. The Balaban J connectivity index is 1.88. The van der Waals surface area contributed by atoms with E-state index in [0.29, 0.717) is 0 Å².